The predicted octanol–water partition coefficient (Wildman–Crippen LogP) is 3.94. The van der Waals surface area contributed by atoms with E-state index in [1.165, 1.54) is 31.0 Å². The van der Waals surface area contributed by atoms with Crippen LogP contribution in [0.2, 0.25) is 5.02 Å². The number of likely N-dealkylation sites (tertiary alicyclic amines) is 1. The molecule has 5 rings (SSSR count). The third-order valence-corrected chi connectivity index (χ3v) is 7.20. The van der Waals surface area contributed by atoms with Crippen LogP contribution in [0.15, 0.2) is 59.5 Å². The van der Waals surface area contributed by atoms with Crippen LogP contribution in [0, 0.1) is 12.7 Å². The van der Waals surface area contributed by atoms with Gasteiger partial charge in [0.1, 0.15) is 34.0 Å². The second kappa shape index (κ2) is 11.0. The quantitative estimate of drug-likeness (QED) is 0.381. The lowest BCUT2D eigenvalue weighted by atomic mass is 10.0. The zero-order chi connectivity index (χ0) is 28.6. The van der Waals surface area contributed by atoms with Crippen LogP contribution in [0.3, 0.4) is 0 Å². The van der Waals surface area contributed by atoms with Gasteiger partial charge in [-0.05, 0) is 37.6 Å². The van der Waals surface area contributed by atoms with E-state index < -0.39 is 11.4 Å². The fraction of sp³-hybridized carbons (Fsp3) is 0.233. The van der Waals surface area contributed by atoms with Gasteiger partial charge in [0, 0.05) is 30.8 Å². The van der Waals surface area contributed by atoms with Crippen molar-refractivity contribution in [2.75, 3.05) is 27.3 Å². The zero-order valence-corrected chi connectivity index (χ0v) is 23.1. The number of para-hydroxylation sites is 1. The number of rotatable bonds is 6. The number of hydrogen-bond donors (Lipinski definition) is 1. The first-order valence-electron chi connectivity index (χ1n) is 12.6. The molecule has 0 saturated carbocycles. The molecule has 4 aromatic rings. The van der Waals surface area contributed by atoms with E-state index in [0.29, 0.717) is 41.5 Å². The van der Waals surface area contributed by atoms with Crippen molar-refractivity contribution in [2.24, 2.45) is 0 Å². The third-order valence-electron chi connectivity index (χ3n) is 6.99. The van der Waals surface area contributed by atoms with E-state index >= 15 is 0 Å². The summed E-state index contributed by atoms with van der Waals surface area (Å²) in [5.41, 5.74) is 1.68. The van der Waals surface area contributed by atoms with Crippen molar-refractivity contribution in [1.82, 2.24) is 19.4 Å². The molecule has 0 spiro atoms. The molecule has 40 heavy (non-hydrogen) atoms. The number of halogens is 2. The molecule has 8 nitrogen and oxygen atoms in total. The second-order valence-corrected chi connectivity index (χ2v) is 9.99. The maximum Gasteiger partial charge on any atom is 0.271 e. The molecule has 1 N–H and O–H groups in total. The molecule has 0 bridgehead atoms. The van der Waals surface area contributed by atoms with Gasteiger partial charge in [0.2, 0.25) is 5.88 Å². The van der Waals surface area contributed by atoms with Crippen LogP contribution in [0.25, 0.3) is 29.5 Å². The monoisotopic (exact) mass is 562 g/mol. The third kappa shape index (κ3) is 4.88. The van der Waals surface area contributed by atoms with Crippen molar-refractivity contribution < 1.29 is 19.0 Å². The van der Waals surface area contributed by atoms with Crippen molar-refractivity contribution in [3.8, 4) is 28.6 Å². The van der Waals surface area contributed by atoms with E-state index in [9.17, 15) is 14.3 Å². The van der Waals surface area contributed by atoms with Crippen molar-refractivity contribution in [1.29, 1.82) is 0 Å². The van der Waals surface area contributed by atoms with Gasteiger partial charge in [0.05, 0.1) is 30.3 Å². The lowest BCUT2D eigenvalue weighted by molar-refractivity contribution is 0.321. The SMILES string of the molecule is C=c1nc(-c2cccc(C)c2)n(-c2c(OC)cccc2OC)c(=O)c1=C(O)N1CCC(c2ncc(Cl)cc2F)C1. The van der Waals surface area contributed by atoms with Gasteiger partial charge in [-0.1, -0.05) is 48.0 Å². The van der Waals surface area contributed by atoms with Crippen LogP contribution in [0.5, 0.6) is 11.5 Å². The Kier molecular flexibility index (Phi) is 7.49. The number of methoxy groups -OCH3 is 2. The average Bonchev–Trinajstić information content (AvgIpc) is 3.42. The van der Waals surface area contributed by atoms with Crippen LogP contribution in [0.1, 0.15) is 23.6 Å². The summed E-state index contributed by atoms with van der Waals surface area (Å²) in [4.78, 5) is 24.8. The van der Waals surface area contributed by atoms with Crippen LogP contribution in [-0.2, 0) is 0 Å². The smallest absolute Gasteiger partial charge is 0.271 e. The number of benzene rings is 2. The van der Waals surface area contributed by atoms with E-state index in [1.807, 2.05) is 31.2 Å². The Balaban J connectivity index is 1.74. The number of pyridine rings is 1. The Morgan fingerprint density at radius 3 is 2.50 bits per heavy atom. The molecule has 0 amide bonds. The predicted molar refractivity (Wildman–Crippen MR) is 152 cm³/mol. The van der Waals surface area contributed by atoms with Gasteiger partial charge in [0.15, 0.2) is 0 Å². The number of aliphatic hydroxyl groups is 1. The highest BCUT2D eigenvalue weighted by atomic mass is 35.5. The summed E-state index contributed by atoms with van der Waals surface area (Å²) in [7, 11) is 3.00. The van der Waals surface area contributed by atoms with Gasteiger partial charge in [-0.15, -0.1) is 0 Å². The number of aromatic nitrogens is 3. The summed E-state index contributed by atoms with van der Waals surface area (Å²) < 4.78 is 27.2. The summed E-state index contributed by atoms with van der Waals surface area (Å²) in [5.74, 6) is -0.0346. The molecule has 2 aromatic heterocycles. The number of aryl methyl sites for hydroxylation is 1. The van der Waals surface area contributed by atoms with Gasteiger partial charge in [0.25, 0.3) is 5.56 Å². The lowest BCUT2D eigenvalue weighted by Gasteiger charge is -2.20. The first-order valence-corrected chi connectivity index (χ1v) is 13.0. The summed E-state index contributed by atoms with van der Waals surface area (Å²) in [5, 5.41) is 11.7. The minimum atomic E-state index is -0.559. The first kappa shape index (κ1) is 27.2. The van der Waals surface area contributed by atoms with Crippen LogP contribution in [0.4, 0.5) is 4.39 Å². The van der Waals surface area contributed by atoms with Gasteiger partial charge < -0.3 is 19.5 Å². The molecule has 1 aliphatic rings. The Hall–Kier alpha value is -4.37. The molecule has 2 aromatic carbocycles. The Morgan fingerprint density at radius 1 is 1.15 bits per heavy atom. The van der Waals surface area contributed by atoms with Crippen LogP contribution in [-0.4, -0.2) is 51.9 Å². The summed E-state index contributed by atoms with van der Waals surface area (Å²) in [6, 6.07) is 14.0. The molecule has 1 atom stereocenters. The number of aliphatic hydroxyl groups excluding tert-OH is 1. The van der Waals surface area contributed by atoms with Crippen molar-refractivity contribution in [2.45, 2.75) is 19.3 Å². The van der Waals surface area contributed by atoms with E-state index in [2.05, 4.69) is 11.6 Å². The first-order chi connectivity index (χ1) is 19.2. The van der Waals surface area contributed by atoms with E-state index in [1.54, 1.807) is 23.1 Å². The van der Waals surface area contributed by atoms with Crippen molar-refractivity contribution >= 4 is 24.1 Å². The number of hydrogen-bond acceptors (Lipinski definition) is 7. The Morgan fingerprint density at radius 2 is 1.85 bits per heavy atom. The molecular weight excluding hydrogens is 535 g/mol. The number of nitrogens with zero attached hydrogens (tertiary/aromatic N) is 4. The summed E-state index contributed by atoms with van der Waals surface area (Å²) >= 11 is 5.87. The maximum absolute atomic E-state index is 14.6. The molecule has 0 aliphatic carbocycles. The Bertz CT molecular complexity index is 1750. The van der Waals surface area contributed by atoms with Crippen molar-refractivity contribution in [3.05, 3.63) is 97.7 Å². The fourth-order valence-electron chi connectivity index (χ4n) is 5.09. The van der Waals surface area contributed by atoms with Gasteiger partial charge in [-0.2, -0.15) is 0 Å². The molecule has 10 heteroatoms. The summed E-state index contributed by atoms with van der Waals surface area (Å²) in [6.07, 6.45) is 1.92. The normalized spacial score (nSPS) is 15.7. The standard InChI is InChI=1S/C30H28ClFN4O4/c1-17-7-5-8-19(13-17)28-34-18(2)25(30(38)36(28)27-23(39-3)9-6-10-24(27)40-4)29(37)35-12-11-20(16-35)26-22(32)14-21(31)15-33-26/h5-10,13-15,20,37H,2,11-12,16H2,1,3-4H3. The number of ether oxygens (including phenoxy) is 2. The molecule has 1 unspecified atom stereocenters. The largest absolute Gasteiger partial charge is 0.494 e. The fourth-order valence-corrected chi connectivity index (χ4v) is 5.23. The average molecular weight is 563 g/mol. The van der Waals surface area contributed by atoms with Crippen molar-refractivity contribution in [3.63, 3.8) is 0 Å². The summed E-state index contributed by atoms with van der Waals surface area (Å²) in [6.45, 7) is 6.58. The molecule has 206 valence electrons. The molecule has 0 radical (unpaired) electrons. The van der Waals surface area contributed by atoms with E-state index in [4.69, 9.17) is 26.1 Å². The minimum absolute atomic E-state index is 0.0745. The zero-order valence-electron chi connectivity index (χ0n) is 22.3. The lowest BCUT2D eigenvalue weighted by Crippen LogP contribution is -2.50. The van der Waals surface area contributed by atoms with E-state index in [-0.39, 0.29) is 39.6 Å². The van der Waals surface area contributed by atoms with Gasteiger partial charge in [-0.25, -0.2) is 9.37 Å². The van der Waals surface area contributed by atoms with Gasteiger partial charge >= 0.3 is 0 Å². The molecule has 1 fully saturated rings. The molecule has 3 heterocycles. The second-order valence-electron chi connectivity index (χ2n) is 9.55. The Labute approximate surface area is 235 Å². The minimum Gasteiger partial charge on any atom is -0.494 e. The maximum atomic E-state index is 14.6. The highest BCUT2D eigenvalue weighted by Crippen LogP contribution is 2.34. The van der Waals surface area contributed by atoms with Gasteiger partial charge in [-0.3, -0.25) is 14.3 Å². The molecule has 1 aliphatic heterocycles. The highest BCUT2D eigenvalue weighted by molar-refractivity contribution is 6.30. The van der Waals surface area contributed by atoms with E-state index in [0.717, 1.165) is 5.56 Å². The molecule has 1 saturated heterocycles. The molecular formula is C30H28ClFN4O4. The topological polar surface area (TPSA) is 89.7 Å². The highest BCUT2D eigenvalue weighted by Gasteiger charge is 2.30. The van der Waals surface area contributed by atoms with Crippen LogP contribution < -0.4 is 25.6 Å². The van der Waals surface area contributed by atoms with Crippen LogP contribution >= 0.6 is 11.6 Å².